The molecule has 2 aromatic rings. The molecule has 1 saturated carbocycles. The van der Waals surface area contributed by atoms with Gasteiger partial charge in [-0.25, -0.2) is 4.98 Å². The Morgan fingerprint density at radius 1 is 1.17 bits per heavy atom. The zero-order valence-electron chi connectivity index (χ0n) is 12.9. The Morgan fingerprint density at radius 2 is 1.91 bits per heavy atom. The lowest BCUT2D eigenvalue weighted by molar-refractivity contribution is -0.137. The van der Waals surface area contributed by atoms with Crippen molar-refractivity contribution < 1.29 is 17.9 Å². The number of methoxy groups -OCH3 is 1. The Kier molecular flexibility index (Phi) is 4.43. The molecule has 124 valence electrons. The molecule has 0 unspecified atom stereocenters. The number of hydrogen-bond acceptors (Lipinski definition) is 2. The molecular weight excluding hydrogens is 305 g/mol. The number of nitrogens with zero attached hydrogens (tertiary/aromatic N) is 2. The molecule has 0 saturated heterocycles. The van der Waals surface area contributed by atoms with Crippen LogP contribution in [0.4, 0.5) is 13.2 Å². The smallest absolute Gasteiger partial charge is 0.381 e. The van der Waals surface area contributed by atoms with Crippen LogP contribution in [0.2, 0.25) is 0 Å². The van der Waals surface area contributed by atoms with E-state index >= 15 is 0 Å². The topological polar surface area (TPSA) is 27.1 Å². The average molecular weight is 324 g/mol. The fourth-order valence-electron chi connectivity index (χ4n) is 3.23. The van der Waals surface area contributed by atoms with E-state index in [4.69, 9.17) is 4.74 Å². The summed E-state index contributed by atoms with van der Waals surface area (Å²) in [7, 11) is 1.72. The predicted octanol–water partition coefficient (Wildman–Crippen LogP) is 4.70. The largest absolute Gasteiger partial charge is 0.416 e. The third kappa shape index (κ3) is 3.42. The second kappa shape index (κ2) is 6.35. The standard InChI is InChI=1S/C17H19F3N2O/c1-23-15-7-5-14(6-8-15)22-10-9-21-16(22)12-3-2-4-13(11-12)17(18,19)20/h2-4,9-11,14-15H,5-8H2,1H3. The number of aromatic nitrogens is 2. The zero-order chi connectivity index (χ0) is 16.4. The SMILES string of the molecule is COC1CCC(n2ccnc2-c2cccc(C(F)(F)F)c2)CC1. The molecule has 23 heavy (non-hydrogen) atoms. The van der Waals surface area contributed by atoms with Gasteiger partial charge in [-0.05, 0) is 37.8 Å². The van der Waals surface area contributed by atoms with E-state index < -0.39 is 11.7 Å². The van der Waals surface area contributed by atoms with Crippen molar-refractivity contribution in [3.63, 3.8) is 0 Å². The summed E-state index contributed by atoms with van der Waals surface area (Å²) in [6.45, 7) is 0. The van der Waals surface area contributed by atoms with E-state index in [0.717, 1.165) is 31.7 Å². The van der Waals surface area contributed by atoms with Crippen LogP contribution in [0.1, 0.15) is 37.3 Å². The first kappa shape index (κ1) is 16.1. The third-order valence-corrected chi connectivity index (χ3v) is 4.49. The first-order valence-electron chi connectivity index (χ1n) is 7.72. The van der Waals surface area contributed by atoms with Crippen LogP contribution in [0.3, 0.4) is 0 Å². The summed E-state index contributed by atoms with van der Waals surface area (Å²) in [5.41, 5.74) is -0.147. The maximum absolute atomic E-state index is 12.9. The van der Waals surface area contributed by atoms with Crippen LogP contribution in [-0.4, -0.2) is 22.8 Å². The summed E-state index contributed by atoms with van der Waals surface area (Å²) in [6, 6.07) is 5.61. The van der Waals surface area contributed by atoms with E-state index in [2.05, 4.69) is 4.98 Å². The molecule has 1 heterocycles. The quantitative estimate of drug-likeness (QED) is 0.818. The first-order valence-corrected chi connectivity index (χ1v) is 7.72. The highest BCUT2D eigenvalue weighted by Crippen LogP contribution is 2.35. The number of benzene rings is 1. The monoisotopic (exact) mass is 324 g/mol. The number of ether oxygens (including phenoxy) is 1. The number of hydrogen-bond donors (Lipinski definition) is 0. The Morgan fingerprint density at radius 3 is 2.57 bits per heavy atom. The molecule has 1 aliphatic carbocycles. The van der Waals surface area contributed by atoms with Gasteiger partial charge in [0, 0.05) is 31.1 Å². The molecule has 0 aliphatic heterocycles. The van der Waals surface area contributed by atoms with Gasteiger partial charge in [0.2, 0.25) is 0 Å². The Hall–Kier alpha value is -1.82. The van der Waals surface area contributed by atoms with Crippen molar-refractivity contribution in [2.45, 2.75) is 44.0 Å². The highest BCUT2D eigenvalue weighted by Gasteiger charge is 2.31. The van der Waals surface area contributed by atoms with Crippen LogP contribution in [0.25, 0.3) is 11.4 Å². The van der Waals surface area contributed by atoms with Gasteiger partial charge in [0.25, 0.3) is 0 Å². The van der Waals surface area contributed by atoms with Gasteiger partial charge in [-0.1, -0.05) is 12.1 Å². The summed E-state index contributed by atoms with van der Waals surface area (Å²) in [4.78, 5) is 4.29. The second-order valence-corrected chi connectivity index (χ2v) is 5.90. The van der Waals surface area contributed by atoms with Gasteiger partial charge >= 0.3 is 6.18 Å². The van der Waals surface area contributed by atoms with Gasteiger partial charge in [0.15, 0.2) is 0 Å². The minimum Gasteiger partial charge on any atom is -0.381 e. The van der Waals surface area contributed by atoms with Crippen molar-refractivity contribution in [3.05, 3.63) is 42.2 Å². The van der Waals surface area contributed by atoms with E-state index in [1.807, 2.05) is 10.8 Å². The summed E-state index contributed by atoms with van der Waals surface area (Å²) >= 11 is 0. The van der Waals surface area contributed by atoms with Crippen LogP contribution >= 0.6 is 0 Å². The van der Waals surface area contributed by atoms with Crippen molar-refractivity contribution in [1.29, 1.82) is 0 Å². The fourth-order valence-corrected chi connectivity index (χ4v) is 3.23. The highest BCUT2D eigenvalue weighted by molar-refractivity contribution is 5.57. The van der Waals surface area contributed by atoms with Gasteiger partial charge in [-0.15, -0.1) is 0 Å². The average Bonchev–Trinajstić information content (AvgIpc) is 3.04. The number of imidazole rings is 1. The van der Waals surface area contributed by atoms with Crippen molar-refractivity contribution in [1.82, 2.24) is 9.55 Å². The van der Waals surface area contributed by atoms with Crippen LogP contribution < -0.4 is 0 Å². The van der Waals surface area contributed by atoms with Crippen LogP contribution in [0, 0.1) is 0 Å². The minimum atomic E-state index is -4.34. The molecule has 1 aliphatic rings. The lowest BCUT2D eigenvalue weighted by Gasteiger charge is -2.29. The highest BCUT2D eigenvalue weighted by atomic mass is 19.4. The Bertz CT molecular complexity index is 658. The van der Waals surface area contributed by atoms with E-state index in [9.17, 15) is 13.2 Å². The lowest BCUT2D eigenvalue weighted by Crippen LogP contribution is -2.22. The number of rotatable bonds is 3. The Balaban J connectivity index is 1.87. The van der Waals surface area contributed by atoms with E-state index in [1.54, 1.807) is 19.4 Å². The molecule has 1 fully saturated rings. The molecule has 0 N–H and O–H groups in total. The molecule has 3 nitrogen and oxygen atoms in total. The molecule has 1 aromatic heterocycles. The van der Waals surface area contributed by atoms with Gasteiger partial charge in [-0.2, -0.15) is 13.2 Å². The summed E-state index contributed by atoms with van der Waals surface area (Å²) in [6.07, 6.45) is 3.26. The zero-order valence-corrected chi connectivity index (χ0v) is 12.9. The molecule has 0 atom stereocenters. The van der Waals surface area contributed by atoms with Crippen molar-refractivity contribution >= 4 is 0 Å². The van der Waals surface area contributed by atoms with Crippen molar-refractivity contribution in [3.8, 4) is 11.4 Å². The predicted molar refractivity (Wildman–Crippen MR) is 81.0 cm³/mol. The maximum Gasteiger partial charge on any atom is 0.416 e. The minimum absolute atomic E-state index is 0.258. The molecular formula is C17H19F3N2O. The van der Waals surface area contributed by atoms with Gasteiger partial charge in [-0.3, -0.25) is 0 Å². The third-order valence-electron chi connectivity index (χ3n) is 4.49. The fraction of sp³-hybridized carbons (Fsp3) is 0.471. The molecule has 6 heteroatoms. The second-order valence-electron chi connectivity index (χ2n) is 5.90. The van der Waals surface area contributed by atoms with Gasteiger partial charge in [0.1, 0.15) is 5.82 Å². The maximum atomic E-state index is 12.9. The Labute approximate surface area is 133 Å². The molecule has 3 rings (SSSR count). The van der Waals surface area contributed by atoms with Crippen molar-refractivity contribution in [2.24, 2.45) is 0 Å². The van der Waals surface area contributed by atoms with Gasteiger partial charge < -0.3 is 9.30 Å². The first-order chi connectivity index (χ1) is 11.0. The summed E-state index contributed by atoms with van der Waals surface area (Å²) < 4.78 is 46.1. The van der Waals surface area contributed by atoms with Gasteiger partial charge in [0.05, 0.1) is 11.7 Å². The molecule has 1 aromatic carbocycles. The molecule has 0 spiro atoms. The number of alkyl halides is 3. The lowest BCUT2D eigenvalue weighted by atomic mass is 9.92. The van der Waals surface area contributed by atoms with E-state index in [-0.39, 0.29) is 12.1 Å². The molecule has 0 bridgehead atoms. The summed E-state index contributed by atoms with van der Waals surface area (Å²) in [5, 5.41) is 0. The molecule has 0 amide bonds. The van der Waals surface area contributed by atoms with E-state index in [1.165, 1.54) is 12.1 Å². The van der Waals surface area contributed by atoms with Crippen LogP contribution in [0.15, 0.2) is 36.7 Å². The summed E-state index contributed by atoms with van der Waals surface area (Å²) in [5.74, 6) is 0.594. The number of halogens is 3. The molecule has 0 radical (unpaired) electrons. The van der Waals surface area contributed by atoms with E-state index in [0.29, 0.717) is 11.4 Å². The van der Waals surface area contributed by atoms with Crippen LogP contribution in [-0.2, 0) is 10.9 Å². The van der Waals surface area contributed by atoms with Crippen molar-refractivity contribution in [2.75, 3.05) is 7.11 Å². The van der Waals surface area contributed by atoms with Crippen LogP contribution in [0.5, 0.6) is 0 Å². The normalized spacial score (nSPS) is 22.3.